The summed E-state index contributed by atoms with van der Waals surface area (Å²) in [6.45, 7) is 3.29. The maximum atomic E-state index is 6.17. The van der Waals surface area contributed by atoms with Crippen LogP contribution in [-0.4, -0.2) is 12.6 Å². The summed E-state index contributed by atoms with van der Waals surface area (Å²) in [6, 6.07) is 5.06. The molecule has 1 aliphatic carbocycles. The van der Waals surface area contributed by atoms with E-state index in [1.807, 2.05) is 0 Å². The quantitative estimate of drug-likeness (QED) is 0.807. The van der Waals surface area contributed by atoms with Gasteiger partial charge in [0.1, 0.15) is 0 Å². The molecule has 3 unspecified atom stereocenters. The van der Waals surface area contributed by atoms with Crippen LogP contribution in [0, 0.1) is 5.92 Å². The maximum absolute atomic E-state index is 6.17. The molecular weight excluding hydrogens is 228 g/mol. The minimum atomic E-state index is 0.163. The van der Waals surface area contributed by atoms with Gasteiger partial charge >= 0.3 is 0 Å². The van der Waals surface area contributed by atoms with Crippen molar-refractivity contribution in [2.75, 3.05) is 6.54 Å². The highest BCUT2D eigenvalue weighted by Gasteiger charge is 2.16. The largest absolute Gasteiger partial charge is 0.322 e. The second kappa shape index (κ2) is 6.53. The Hall–Kier alpha value is -0.380. The second-order valence-electron chi connectivity index (χ2n) is 5.34. The van der Waals surface area contributed by atoms with Gasteiger partial charge in [-0.2, -0.15) is 0 Å². The molecule has 1 heterocycles. The molecule has 0 saturated heterocycles. The van der Waals surface area contributed by atoms with Crippen molar-refractivity contribution in [3.8, 4) is 0 Å². The minimum Gasteiger partial charge on any atom is -0.322 e. The van der Waals surface area contributed by atoms with Crippen LogP contribution in [0.15, 0.2) is 17.5 Å². The summed E-state index contributed by atoms with van der Waals surface area (Å²) in [6.07, 6.45) is 6.77. The first-order chi connectivity index (χ1) is 8.25. The molecule has 0 spiro atoms. The summed E-state index contributed by atoms with van der Waals surface area (Å²) in [4.78, 5) is 1.29. The first-order valence-electron chi connectivity index (χ1n) is 6.78. The van der Waals surface area contributed by atoms with Crippen LogP contribution in [0.2, 0.25) is 0 Å². The molecule has 3 N–H and O–H groups in total. The third-order valence-electron chi connectivity index (χ3n) is 3.79. The van der Waals surface area contributed by atoms with Gasteiger partial charge in [0, 0.05) is 17.5 Å². The van der Waals surface area contributed by atoms with Crippen LogP contribution in [0.1, 0.15) is 49.9 Å². The summed E-state index contributed by atoms with van der Waals surface area (Å²) in [7, 11) is 0. The molecule has 17 heavy (non-hydrogen) atoms. The lowest BCUT2D eigenvalue weighted by Gasteiger charge is -2.19. The van der Waals surface area contributed by atoms with Gasteiger partial charge in [-0.25, -0.2) is 0 Å². The summed E-state index contributed by atoms with van der Waals surface area (Å²) < 4.78 is 0. The summed E-state index contributed by atoms with van der Waals surface area (Å²) >= 11 is 1.76. The van der Waals surface area contributed by atoms with E-state index < -0.39 is 0 Å². The zero-order valence-corrected chi connectivity index (χ0v) is 11.5. The number of thiophene rings is 1. The maximum Gasteiger partial charge on any atom is 0.0516 e. The highest BCUT2D eigenvalue weighted by Crippen LogP contribution is 2.23. The van der Waals surface area contributed by atoms with Gasteiger partial charge < -0.3 is 11.1 Å². The van der Waals surface area contributed by atoms with Crippen LogP contribution in [-0.2, 0) is 0 Å². The molecule has 1 fully saturated rings. The van der Waals surface area contributed by atoms with Crippen molar-refractivity contribution < 1.29 is 0 Å². The van der Waals surface area contributed by atoms with E-state index in [1.54, 1.807) is 11.3 Å². The fourth-order valence-corrected chi connectivity index (χ4v) is 3.32. The van der Waals surface area contributed by atoms with Crippen LogP contribution < -0.4 is 11.1 Å². The first kappa shape index (κ1) is 13.1. The summed E-state index contributed by atoms with van der Waals surface area (Å²) in [5.74, 6) is 0.910. The Balaban J connectivity index is 1.74. The molecule has 1 aromatic heterocycles. The lowest BCUT2D eigenvalue weighted by Crippen LogP contribution is -2.34. The Labute approximate surface area is 109 Å². The van der Waals surface area contributed by atoms with Gasteiger partial charge in [-0.15, -0.1) is 11.3 Å². The number of nitrogens with two attached hydrogens (primary N) is 1. The van der Waals surface area contributed by atoms with E-state index in [9.17, 15) is 0 Å². The molecule has 1 aromatic rings. The average molecular weight is 252 g/mol. The van der Waals surface area contributed by atoms with E-state index in [4.69, 9.17) is 5.73 Å². The number of rotatable bonds is 4. The smallest absolute Gasteiger partial charge is 0.0516 e. The van der Waals surface area contributed by atoms with Gasteiger partial charge in [-0.05, 0) is 36.6 Å². The Morgan fingerprint density at radius 3 is 3.06 bits per heavy atom. The topological polar surface area (TPSA) is 38.0 Å². The Morgan fingerprint density at radius 1 is 1.41 bits per heavy atom. The van der Waals surface area contributed by atoms with Crippen molar-refractivity contribution in [3.63, 3.8) is 0 Å². The Morgan fingerprint density at radius 2 is 2.29 bits per heavy atom. The van der Waals surface area contributed by atoms with Crippen molar-refractivity contribution in [2.45, 2.75) is 51.1 Å². The number of hydrogen-bond donors (Lipinski definition) is 2. The zero-order chi connectivity index (χ0) is 12.1. The molecule has 2 nitrogen and oxygen atoms in total. The Bertz CT molecular complexity index is 310. The predicted molar refractivity (Wildman–Crippen MR) is 75.3 cm³/mol. The van der Waals surface area contributed by atoms with Crippen molar-refractivity contribution >= 4 is 11.3 Å². The molecule has 3 atom stereocenters. The van der Waals surface area contributed by atoms with Gasteiger partial charge in [-0.1, -0.05) is 25.8 Å². The van der Waals surface area contributed by atoms with Gasteiger partial charge in [0.15, 0.2) is 0 Å². The normalized spacial score (nSPS) is 27.6. The Kier molecular flexibility index (Phi) is 5.01. The fraction of sp³-hybridized carbons (Fsp3) is 0.714. The van der Waals surface area contributed by atoms with Gasteiger partial charge in [0.05, 0.1) is 6.04 Å². The second-order valence-corrected chi connectivity index (χ2v) is 6.32. The molecule has 0 aromatic carbocycles. The highest BCUT2D eigenvalue weighted by atomic mass is 32.1. The standard InChI is InChI=1S/C14H24N2S/c1-11-4-2-5-12(8-7-11)16-10-13(15)14-6-3-9-17-14/h3,6,9,11-13,16H,2,4-5,7-8,10,15H2,1H3. The molecule has 2 rings (SSSR count). The van der Waals surface area contributed by atoms with Crippen LogP contribution >= 0.6 is 11.3 Å². The number of hydrogen-bond acceptors (Lipinski definition) is 3. The molecule has 0 bridgehead atoms. The average Bonchev–Trinajstić information content (AvgIpc) is 2.78. The minimum absolute atomic E-state index is 0.163. The molecule has 3 heteroatoms. The number of nitrogens with one attached hydrogen (secondary N) is 1. The highest BCUT2D eigenvalue weighted by molar-refractivity contribution is 7.10. The van der Waals surface area contributed by atoms with E-state index in [1.165, 1.54) is 37.0 Å². The van der Waals surface area contributed by atoms with Crippen molar-refractivity contribution in [1.29, 1.82) is 0 Å². The monoisotopic (exact) mass is 252 g/mol. The van der Waals surface area contributed by atoms with E-state index in [0.29, 0.717) is 6.04 Å². The molecular formula is C14H24N2S. The molecule has 96 valence electrons. The van der Waals surface area contributed by atoms with E-state index in [-0.39, 0.29) is 6.04 Å². The zero-order valence-electron chi connectivity index (χ0n) is 10.7. The fourth-order valence-electron chi connectivity index (χ4n) is 2.59. The van der Waals surface area contributed by atoms with Crippen LogP contribution in [0.3, 0.4) is 0 Å². The lowest BCUT2D eigenvalue weighted by molar-refractivity contribution is 0.434. The van der Waals surface area contributed by atoms with E-state index in [0.717, 1.165) is 12.5 Å². The molecule has 0 aliphatic heterocycles. The first-order valence-corrected chi connectivity index (χ1v) is 7.66. The third kappa shape index (κ3) is 4.09. The summed E-state index contributed by atoms with van der Waals surface area (Å²) in [5, 5.41) is 5.75. The van der Waals surface area contributed by atoms with Gasteiger partial charge in [0.25, 0.3) is 0 Å². The molecule has 1 saturated carbocycles. The van der Waals surface area contributed by atoms with Crippen LogP contribution in [0.4, 0.5) is 0 Å². The SMILES string of the molecule is CC1CCCC(NCC(N)c2cccs2)CC1. The van der Waals surface area contributed by atoms with E-state index in [2.05, 4.69) is 29.8 Å². The lowest BCUT2D eigenvalue weighted by atomic mass is 10.0. The van der Waals surface area contributed by atoms with Crippen LogP contribution in [0.5, 0.6) is 0 Å². The summed E-state index contributed by atoms with van der Waals surface area (Å²) in [5.41, 5.74) is 6.17. The van der Waals surface area contributed by atoms with E-state index >= 15 is 0 Å². The molecule has 0 amide bonds. The molecule has 1 aliphatic rings. The van der Waals surface area contributed by atoms with Crippen molar-refractivity contribution in [1.82, 2.24) is 5.32 Å². The van der Waals surface area contributed by atoms with Crippen LogP contribution in [0.25, 0.3) is 0 Å². The van der Waals surface area contributed by atoms with Crippen molar-refractivity contribution in [2.24, 2.45) is 11.7 Å². The predicted octanol–water partition coefficient (Wildman–Crippen LogP) is 3.31. The molecule has 0 radical (unpaired) electrons. The third-order valence-corrected chi connectivity index (χ3v) is 4.80. The van der Waals surface area contributed by atoms with Gasteiger partial charge in [-0.3, -0.25) is 0 Å². The van der Waals surface area contributed by atoms with Crippen molar-refractivity contribution in [3.05, 3.63) is 22.4 Å². The van der Waals surface area contributed by atoms with Gasteiger partial charge in [0.2, 0.25) is 0 Å².